The Morgan fingerprint density at radius 2 is 1.60 bits per heavy atom. The topological polar surface area (TPSA) is 0 Å². The normalized spacial score (nSPS) is 10.3. The molecule has 0 spiro atoms. The third-order valence-electron chi connectivity index (χ3n) is 2.77. The highest BCUT2D eigenvalue weighted by Crippen LogP contribution is 2.04. The van der Waals surface area contributed by atoms with Crippen LogP contribution in [0.4, 0.5) is 0 Å². The van der Waals surface area contributed by atoms with Gasteiger partial charge in [0.15, 0.2) is 7.28 Å². The third kappa shape index (κ3) is 5.66. The van der Waals surface area contributed by atoms with Crippen molar-refractivity contribution in [3.05, 3.63) is 29.8 Å². The minimum absolute atomic E-state index is 1.23. The van der Waals surface area contributed by atoms with E-state index in [2.05, 4.69) is 45.4 Å². The van der Waals surface area contributed by atoms with Gasteiger partial charge >= 0.3 is 0 Å². The molecule has 1 aromatic rings. The Morgan fingerprint density at radius 3 is 2.27 bits per heavy atom. The number of unbranched alkanes of at least 4 members (excludes halogenated alkanes) is 4. The summed E-state index contributed by atoms with van der Waals surface area (Å²) in [6.45, 7) is 4.40. The van der Waals surface area contributed by atoms with Crippen LogP contribution in [0.25, 0.3) is 0 Å². The molecule has 1 rings (SSSR count). The number of aryl methyl sites for hydroxylation is 1. The van der Waals surface area contributed by atoms with E-state index in [9.17, 15) is 0 Å². The van der Waals surface area contributed by atoms with Gasteiger partial charge in [0.2, 0.25) is 0 Å². The molecule has 0 aromatic heterocycles. The molecule has 1 radical (unpaired) electrons. The first-order valence-electron chi connectivity index (χ1n) is 6.23. The van der Waals surface area contributed by atoms with Crippen molar-refractivity contribution in [3.63, 3.8) is 0 Å². The smallest absolute Gasteiger partial charge is 0.0878 e. The molecule has 0 unspecified atom stereocenters. The lowest BCUT2D eigenvalue weighted by Crippen LogP contribution is -2.12. The minimum atomic E-state index is 1.23. The van der Waals surface area contributed by atoms with E-state index in [0.717, 1.165) is 0 Å². The summed E-state index contributed by atoms with van der Waals surface area (Å²) >= 11 is 0. The molecule has 0 atom stereocenters. The summed E-state index contributed by atoms with van der Waals surface area (Å²) in [5.41, 5.74) is 2.71. The Labute approximate surface area is 95.3 Å². The van der Waals surface area contributed by atoms with Crippen molar-refractivity contribution in [1.29, 1.82) is 0 Å². The van der Waals surface area contributed by atoms with Crippen molar-refractivity contribution >= 4 is 12.7 Å². The van der Waals surface area contributed by atoms with Gasteiger partial charge in [0.05, 0.1) is 0 Å². The SMILES string of the molecule is CCCCCCC[B]c1ccc(C)cc1. The lowest BCUT2D eigenvalue weighted by molar-refractivity contribution is 0.655. The number of benzene rings is 1. The molecule has 0 aliphatic carbocycles. The standard InChI is InChI=1S/C14H22B/c1-3-4-5-6-7-12-15-14-10-8-13(2)9-11-14/h8-11H,3-7,12H2,1-2H3. The molecular weight excluding hydrogens is 179 g/mol. The maximum Gasteiger partial charge on any atom is 0.151 e. The van der Waals surface area contributed by atoms with Crippen LogP contribution in [0.5, 0.6) is 0 Å². The van der Waals surface area contributed by atoms with Gasteiger partial charge in [-0.05, 0) is 6.92 Å². The summed E-state index contributed by atoms with van der Waals surface area (Å²) in [5.74, 6) is 0. The van der Waals surface area contributed by atoms with Gasteiger partial charge < -0.3 is 0 Å². The summed E-state index contributed by atoms with van der Waals surface area (Å²) in [7, 11) is 2.35. The molecule has 0 aliphatic rings. The van der Waals surface area contributed by atoms with Crippen molar-refractivity contribution in [2.24, 2.45) is 0 Å². The largest absolute Gasteiger partial charge is 0.151 e. The molecule has 0 aliphatic heterocycles. The van der Waals surface area contributed by atoms with Gasteiger partial charge in [-0.25, -0.2) is 0 Å². The van der Waals surface area contributed by atoms with Crippen molar-refractivity contribution < 1.29 is 0 Å². The van der Waals surface area contributed by atoms with E-state index < -0.39 is 0 Å². The maximum absolute atomic E-state index is 2.35. The molecular formula is C14H22B. The first-order valence-corrected chi connectivity index (χ1v) is 6.23. The van der Waals surface area contributed by atoms with E-state index in [1.54, 1.807) is 0 Å². The summed E-state index contributed by atoms with van der Waals surface area (Å²) in [6.07, 6.45) is 8.08. The molecule has 0 amide bonds. The fraction of sp³-hybridized carbons (Fsp3) is 0.571. The molecule has 0 saturated heterocycles. The Balaban J connectivity index is 2.07. The highest BCUT2D eigenvalue weighted by Gasteiger charge is 1.95. The lowest BCUT2D eigenvalue weighted by Gasteiger charge is -2.01. The minimum Gasteiger partial charge on any atom is -0.0878 e. The van der Waals surface area contributed by atoms with E-state index in [0.29, 0.717) is 0 Å². The Morgan fingerprint density at radius 1 is 0.933 bits per heavy atom. The van der Waals surface area contributed by atoms with Gasteiger partial charge in [-0.3, -0.25) is 0 Å². The van der Waals surface area contributed by atoms with E-state index >= 15 is 0 Å². The van der Waals surface area contributed by atoms with Gasteiger partial charge in [-0.1, -0.05) is 80.6 Å². The zero-order valence-corrected chi connectivity index (χ0v) is 10.1. The summed E-state index contributed by atoms with van der Waals surface area (Å²) in [4.78, 5) is 0. The molecule has 0 saturated carbocycles. The summed E-state index contributed by atoms with van der Waals surface area (Å²) < 4.78 is 0. The van der Waals surface area contributed by atoms with Gasteiger partial charge in [0.25, 0.3) is 0 Å². The van der Waals surface area contributed by atoms with Crippen molar-refractivity contribution in [1.82, 2.24) is 0 Å². The average molecular weight is 201 g/mol. The van der Waals surface area contributed by atoms with Gasteiger partial charge in [0.1, 0.15) is 0 Å². The van der Waals surface area contributed by atoms with Gasteiger partial charge in [-0.2, -0.15) is 0 Å². The highest BCUT2D eigenvalue weighted by atomic mass is 13.9. The molecule has 15 heavy (non-hydrogen) atoms. The number of hydrogen-bond donors (Lipinski definition) is 0. The molecule has 1 heteroatoms. The average Bonchev–Trinajstić information content (AvgIpc) is 2.26. The van der Waals surface area contributed by atoms with Crippen molar-refractivity contribution in [2.45, 2.75) is 52.3 Å². The van der Waals surface area contributed by atoms with Crippen LogP contribution in [0.2, 0.25) is 6.32 Å². The second kappa shape index (κ2) is 7.56. The molecule has 0 heterocycles. The quantitative estimate of drug-likeness (QED) is 0.466. The van der Waals surface area contributed by atoms with Crippen LogP contribution >= 0.6 is 0 Å². The third-order valence-corrected chi connectivity index (χ3v) is 2.77. The second-order valence-electron chi connectivity index (χ2n) is 4.32. The van der Waals surface area contributed by atoms with Crippen LogP contribution in [0.1, 0.15) is 44.6 Å². The Kier molecular flexibility index (Phi) is 6.23. The molecule has 81 valence electrons. The predicted octanol–water partition coefficient (Wildman–Crippen LogP) is 3.71. The van der Waals surface area contributed by atoms with Crippen LogP contribution in [0.15, 0.2) is 24.3 Å². The van der Waals surface area contributed by atoms with Crippen molar-refractivity contribution in [2.75, 3.05) is 0 Å². The van der Waals surface area contributed by atoms with Gasteiger partial charge in [0, 0.05) is 0 Å². The van der Waals surface area contributed by atoms with E-state index in [1.807, 2.05) is 0 Å². The molecule has 0 nitrogen and oxygen atoms in total. The Bertz CT molecular complexity index is 251. The monoisotopic (exact) mass is 201 g/mol. The Hall–Kier alpha value is -0.715. The predicted molar refractivity (Wildman–Crippen MR) is 70.1 cm³/mol. The van der Waals surface area contributed by atoms with Crippen LogP contribution in [0.3, 0.4) is 0 Å². The lowest BCUT2D eigenvalue weighted by atomic mass is 9.66. The first kappa shape index (κ1) is 12.4. The molecule has 0 N–H and O–H groups in total. The summed E-state index contributed by atoms with van der Waals surface area (Å²) in [6, 6.07) is 8.79. The van der Waals surface area contributed by atoms with Crippen LogP contribution < -0.4 is 5.46 Å². The molecule has 1 aromatic carbocycles. The van der Waals surface area contributed by atoms with Crippen LogP contribution in [-0.4, -0.2) is 7.28 Å². The van der Waals surface area contributed by atoms with Crippen molar-refractivity contribution in [3.8, 4) is 0 Å². The van der Waals surface area contributed by atoms with E-state index in [-0.39, 0.29) is 0 Å². The van der Waals surface area contributed by atoms with E-state index in [4.69, 9.17) is 0 Å². The molecule has 0 fully saturated rings. The fourth-order valence-corrected chi connectivity index (χ4v) is 1.72. The van der Waals surface area contributed by atoms with Crippen LogP contribution in [-0.2, 0) is 0 Å². The molecule has 0 bridgehead atoms. The first-order chi connectivity index (χ1) is 7.33. The number of hydrogen-bond acceptors (Lipinski definition) is 0. The number of rotatable bonds is 7. The zero-order valence-electron chi connectivity index (χ0n) is 10.1. The fourth-order valence-electron chi connectivity index (χ4n) is 1.72. The van der Waals surface area contributed by atoms with Gasteiger partial charge in [-0.15, -0.1) is 0 Å². The zero-order chi connectivity index (χ0) is 10.9. The van der Waals surface area contributed by atoms with E-state index in [1.165, 1.54) is 49.5 Å². The second-order valence-corrected chi connectivity index (χ2v) is 4.32. The van der Waals surface area contributed by atoms with Crippen LogP contribution in [0, 0.1) is 6.92 Å². The highest BCUT2D eigenvalue weighted by molar-refractivity contribution is 6.53. The summed E-state index contributed by atoms with van der Waals surface area (Å²) in [5, 5.41) is 0. The maximum atomic E-state index is 2.35.